The number of halogens is 3. The van der Waals surface area contributed by atoms with Crippen LogP contribution in [0.3, 0.4) is 0 Å². The molecule has 0 aliphatic rings. The quantitative estimate of drug-likeness (QED) is 0.464. The third-order valence-corrected chi connectivity index (χ3v) is 4.30. The number of hydrogen-bond acceptors (Lipinski definition) is 7. The minimum absolute atomic E-state index is 0.00674. The molecule has 2 aromatic heterocycles. The zero-order valence-corrected chi connectivity index (χ0v) is 14.6. The van der Waals surface area contributed by atoms with Gasteiger partial charge in [-0.05, 0) is 29.2 Å². The van der Waals surface area contributed by atoms with Crippen molar-refractivity contribution in [1.29, 1.82) is 0 Å². The highest BCUT2D eigenvalue weighted by molar-refractivity contribution is 7.14. The van der Waals surface area contributed by atoms with Crippen LogP contribution in [0, 0.1) is 10.1 Å². The lowest BCUT2D eigenvalue weighted by molar-refractivity contribution is -0.389. The molecule has 13 heteroatoms. The van der Waals surface area contributed by atoms with E-state index in [1.165, 1.54) is 24.3 Å². The van der Waals surface area contributed by atoms with E-state index in [1.807, 2.05) is 0 Å². The Kier molecular flexibility index (Phi) is 5.28. The predicted molar refractivity (Wildman–Crippen MR) is 92.4 cm³/mol. The third kappa shape index (κ3) is 4.17. The van der Waals surface area contributed by atoms with E-state index in [9.17, 15) is 23.7 Å². The maximum Gasteiger partial charge on any atom is 0.387 e. The van der Waals surface area contributed by atoms with E-state index in [4.69, 9.17) is 11.6 Å². The van der Waals surface area contributed by atoms with Crippen LogP contribution < -0.4 is 10.1 Å². The molecule has 3 aromatic rings. The lowest BCUT2D eigenvalue weighted by Crippen LogP contribution is -2.12. The van der Waals surface area contributed by atoms with Gasteiger partial charge in [0, 0.05) is 10.9 Å². The van der Waals surface area contributed by atoms with Crippen molar-refractivity contribution < 1.29 is 23.2 Å². The molecule has 3 rings (SSSR count). The Morgan fingerprint density at radius 3 is 2.67 bits per heavy atom. The number of nitrogens with one attached hydrogen (secondary N) is 2. The van der Waals surface area contributed by atoms with Crippen molar-refractivity contribution in [3.8, 4) is 17.0 Å². The second kappa shape index (κ2) is 7.63. The number of nitrogens with zero attached hydrogens (tertiary/aromatic N) is 3. The summed E-state index contributed by atoms with van der Waals surface area (Å²) in [6.45, 7) is -2.92. The summed E-state index contributed by atoms with van der Waals surface area (Å²) in [4.78, 5) is 26.3. The fourth-order valence-corrected chi connectivity index (χ4v) is 2.97. The van der Waals surface area contributed by atoms with Crippen LogP contribution in [0.1, 0.15) is 10.5 Å². The highest BCUT2D eigenvalue weighted by Gasteiger charge is 2.25. The number of amides is 1. The number of anilines is 1. The molecule has 140 valence electrons. The molecule has 0 spiro atoms. The van der Waals surface area contributed by atoms with Gasteiger partial charge in [0.1, 0.15) is 5.75 Å². The maximum atomic E-state index is 12.2. The summed E-state index contributed by atoms with van der Waals surface area (Å²) in [6, 6.07) is 5.79. The SMILES string of the molecule is O=C(Nc1nc(-c2ccc(OC(F)F)cc2)cs1)c1n[nH]c([N+](=O)[O-])c1Cl. The van der Waals surface area contributed by atoms with Gasteiger partial charge in [-0.25, -0.2) is 4.98 Å². The van der Waals surface area contributed by atoms with Crippen LogP contribution in [0.25, 0.3) is 11.3 Å². The zero-order valence-electron chi connectivity index (χ0n) is 13.0. The molecule has 0 saturated carbocycles. The summed E-state index contributed by atoms with van der Waals surface area (Å²) in [5, 5.41) is 20.2. The average Bonchev–Trinajstić information content (AvgIpc) is 3.21. The second-order valence-electron chi connectivity index (χ2n) is 4.89. The number of H-pyrrole nitrogens is 1. The van der Waals surface area contributed by atoms with Crippen LogP contribution in [0.2, 0.25) is 5.02 Å². The molecular formula is C14H8ClF2N5O4S. The van der Waals surface area contributed by atoms with E-state index in [2.05, 4.69) is 25.2 Å². The van der Waals surface area contributed by atoms with Gasteiger partial charge in [-0.15, -0.1) is 16.4 Å². The van der Waals surface area contributed by atoms with E-state index in [-0.39, 0.29) is 16.6 Å². The lowest BCUT2D eigenvalue weighted by Gasteiger charge is -2.04. The summed E-state index contributed by atoms with van der Waals surface area (Å²) in [5.74, 6) is -1.36. The number of aromatic amines is 1. The topological polar surface area (TPSA) is 123 Å². The summed E-state index contributed by atoms with van der Waals surface area (Å²) < 4.78 is 28.6. The van der Waals surface area contributed by atoms with Crippen LogP contribution in [-0.4, -0.2) is 32.6 Å². The summed E-state index contributed by atoms with van der Waals surface area (Å²) in [5.41, 5.74) is 0.758. The molecule has 1 aromatic carbocycles. The molecule has 0 aliphatic carbocycles. The molecule has 1 amide bonds. The van der Waals surface area contributed by atoms with Gasteiger partial charge < -0.3 is 14.9 Å². The number of rotatable bonds is 6. The third-order valence-electron chi connectivity index (χ3n) is 3.19. The predicted octanol–water partition coefficient (Wildman–Crippen LogP) is 3.95. The largest absolute Gasteiger partial charge is 0.435 e. The zero-order chi connectivity index (χ0) is 19.6. The Morgan fingerprint density at radius 1 is 1.37 bits per heavy atom. The minimum atomic E-state index is -2.92. The molecule has 9 nitrogen and oxygen atoms in total. The molecular weight excluding hydrogens is 408 g/mol. The number of alkyl halides is 2. The number of carbonyl (C=O) groups is 1. The Morgan fingerprint density at radius 2 is 2.07 bits per heavy atom. The Labute approximate surface area is 158 Å². The van der Waals surface area contributed by atoms with Gasteiger partial charge in [-0.3, -0.25) is 10.1 Å². The first kappa shape index (κ1) is 18.7. The number of thiazole rings is 1. The molecule has 0 atom stereocenters. The van der Waals surface area contributed by atoms with Crippen LogP contribution in [0.5, 0.6) is 5.75 Å². The molecule has 2 heterocycles. The minimum Gasteiger partial charge on any atom is -0.435 e. The molecule has 0 radical (unpaired) electrons. The first-order chi connectivity index (χ1) is 12.8. The average molecular weight is 416 g/mol. The fraction of sp³-hybridized carbons (Fsp3) is 0.0714. The Balaban J connectivity index is 1.72. The summed E-state index contributed by atoms with van der Waals surface area (Å²) in [7, 11) is 0. The normalized spacial score (nSPS) is 10.8. The van der Waals surface area contributed by atoms with Crippen molar-refractivity contribution in [2.45, 2.75) is 6.61 Å². The number of hydrogen-bond donors (Lipinski definition) is 2. The molecule has 0 bridgehead atoms. The number of aromatic nitrogens is 3. The van der Waals surface area contributed by atoms with Crippen LogP contribution in [0.4, 0.5) is 19.7 Å². The number of nitro groups is 1. The number of carbonyl (C=O) groups excluding carboxylic acids is 1. The van der Waals surface area contributed by atoms with Crippen molar-refractivity contribution >= 4 is 39.8 Å². The van der Waals surface area contributed by atoms with Gasteiger partial charge in [0.2, 0.25) is 0 Å². The Hall–Kier alpha value is -3.12. The van der Waals surface area contributed by atoms with Crippen LogP contribution in [0.15, 0.2) is 29.6 Å². The van der Waals surface area contributed by atoms with Crippen molar-refractivity contribution in [3.05, 3.63) is 50.5 Å². The first-order valence-corrected chi connectivity index (χ1v) is 8.31. The van der Waals surface area contributed by atoms with E-state index < -0.39 is 28.3 Å². The standard InChI is InChI=1S/C14H8ClF2N5O4S/c15-9-10(20-21-11(9)22(24)25)12(23)19-14-18-8(5-27-14)6-1-3-7(4-2-6)26-13(16)17/h1-5,13H,(H,20,21)(H,18,19,23). The second-order valence-corrected chi connectivity index (χ2v) is 6.12. The molecule has 27 heavy (non-hydrogen) atoms. The van der Waals surface area contributed by atoms with E-state index >= 15 is 0 Å². The van der Waals surface area contributed by atoms with Gasteiger partial charge in [-0.2, -0.15) is 8.78 Å². The molecule has 0 saturated heterocycles. The van der Waals surface area contributed by atoms with Crippen molar-refractivity contribution in [3.63, 3.8) is 0 Å². The van der Waals surface area contributed by atoms with Gasteiger partial charge in [0.05, 0.1) is 5.69 Å². The fourth-order valence-electron chi connectivity index (χ4n) is 2.02. The van der Waals surface area contributed by atoms with Crippen molar-refractivity contribution in [2.75, 3.05) is 5.32 Å². The number of ether oxygens (including phenoxy) is 1. The van der Waals surface area contributed by atoms with Crippen LogP contribution >= 0.6 is 22.9 Å². The molecule has 0 unspecified atom stereocenters. The molecule has 0 aliphatic heterocycles. The van der Waals surface area contributed by atoms with Gasteiger partial charge >= 0.3 is 12.4 Å². The highest BCUT2D eigenvalue weighted by Crippen LogP contribution is 2.29. The van der Waals surface area contributed by atoms with E-state index in [0.717, 1.165) is 11.3 Å². The first-order valence-electron chi connectivity index (χ1n) is 7.05. The Bertz CT molecular complexity index is 992. The smallest absolute Gasteiger partial charge is 0.387 e. The van der Waals surface area contributed by atoms with E-state index in [0.29, 0.717) is 11.3 Å². The van der Waals surface area contributed by atoms with Gasteiger partial charge in [-0.1, -0.05) is 16.7 Å². The van der Waals surface area contributed by atoms with Crippen molar-refractivity contribution in [2.24, 2.45) is 0 Å². The van der Waals surface area contributed by atoms with Crippen LogP contribution in [-0.2, 0) is 0 Å². The van der Waals surface area contributed by atoms with Gasteiger partial charge in [0.15, 0.2) is 15.8 Å². The lowest BCUT2D eigenvalue weighted by atomic mass is 10.2. The number of benzene rings is 1. The van der Waals surface area contributed by atoms with Gasteiger partial charge in [0.25, 0.3) is 5.91 Å². The summed E-state index contributed by atoms with van der Waals surface area (Å²) in [6.07, 6.45) is 0. The molecule has 0 fully saturated rings. The molecule has 2 N–H and O–H groups in total. The van der Waals surface area contributed by atoms with E-state index in [1.54, 1.807) is 5.38 Å². The highest BCUT2D eigenvalue weighted by atomic mass is 35.5. The summed E-state index contributed by atoms with van der Waals surface area (Å²) >= 11 is 6.85. The van der Waals surface area contributed by atoms with Crippen molar-refractivity contribution in [1.82, 2.24) is 15.2 Å². The monoisotopic (exact) mass is 415 g/mol. The maximum absolute atomic E-state index is 12.2.